The van der Waals surface area contributed by atoms with E-state index >= 15 is 0 Å². The first-order chi connectivity index (χ1) is 8.32. The summed E-state index contributed by atoms with van der Waals surface area (Å²) in [6.07, 6.45) is 0.386. The van der Waals surface area contributed by atoms with Crippen molar-refractivity contribution in [1.82, 2.24) is 4.31 Å². The van der Waals surface area contributed by atoms with Crippen LogP contribution < -0.4 is 0 Å². The van der Waals surface area contributed by atoms with E-state index in [1.54, 1.807) is 13.0 Å². The summed E-state index contributed by atoms with van der Waals surface area (Å²) in [5, 5.41) is 8.91. The van der Waals surface area contributed by atoms with Crippen molar-refractivity contribution in [2.75, 3.05) is 13.1 Å². The lowest BCUT2D eigenvalue weighted by Gasteiger charge is -2.15. The molecule has 0 saturated carbocycles. The molecule has 0 radical (unpaired) electrons. The summed E-state index contributed by atoms with van der Waals surface area (Å²) in [5.41, 5.74) is 0. The Balaban J connectivity index is 2.28. The maximum absolute atomic E-state index is 12.4. The molecule has 1 aromatic heterocycles. The van der Waals surface area contributed by atoms with Crippen molar-refractivity contribution in [2.24, 2.45) is 5.92 Å². The molecule has 2 rings (SSSR count). The van der Waals surface area contributed by atoms with Gasteiger partial charge in [-0.1, -0.05) is 0 Å². The molecule has 1 fully saturated rings. The van der Waals surface area contributed by atoms with Gasteiger partial charge in [-0.3, -0.25) is 4.79 Å². The Morgan fingerprint density at radius 3 is 2.61 bits per heavy atom. The van der Waals surface area contributed by atoms with Crippen molar-refractivity contribution in [1.29, 1.82) is 0 Å². The highest BCUT2D eigenvalue weighted by molar-refractivity contribution is 7.89. The Bertz CT molecular complexity index is 576. The molecule has 7 heteroatoms. The molecular weight excluding hydrogens is 274 g/mol. The third-order valence-corrected chi connectivity index (χ3v) is 6.20. The second-order valence-electron chi connectivity index (χ2n) is 4.46. The lowest BCUT2D eigenvalue weighted by molar-refractivity contribution is -0.141. The summed E-state index contributed by atoms with van der Waals surface area (Å²) in [6, 6.07) is 1.66. The minimum atomic E-state index is -3.53. The van der Waals surface area contributed by atoms with Crippen LogP contribution >= 0.6 is 11.3 Å². The highest BCUT2D eigenvalue weighted by Crippen LogP contribution is 2.30. The minimum absolute atomic E-state index is 0.0754. The van der Waals surface area contributed by atoms with Crippen LogP contribution in [0, 0.1) is 19.8 Å². The zero-order valence-corrected chi connectivity index (χ0v) is 11.8. The molecule has 0 bridgehead atoms. The standard InChI is InChI=1S/C11H15NO4S2/c1-7-5-10(8(2)17-7)18(15,16)12-4-3-9(6-12)11(13)14/h5,9H,3-4,6H2,1-2H3,(H,13,14). The Labute approximate surface area is 110 Å². The third-order valence-electron chi connectivity index (χ3n) is 3.11. The maximum Gasteiger partial charge on any atom is 0.307 e. The van der Waals surface area contributed by atoms with Gasteiger partial charge in [0.05, 0.1) is 10.8 Å². The van der Waals surface area contributed by atoms with Crippen molar-refractivity contribution >= 4 is 27.3 Å². The van der Waals surface area contributed by atoms with E-state index in [4.69, 9.17) is 5.11 Å². The summed E-state index contributed by atoms with van der Waals surface area (Å²) in [7, 11) is -3.53. The first-order valence-electron chi connectivity index (χ1n) is 5.62. The van der Waals surface area contributed by atoms with E-state index in [0.717, 1.165) is 9.75 Å². The number of thiophene rings is 1. The predicted octanol–water partition coefficient (Wildman–Crippen LogP) is 1.46. The largest absolute Gasteiger partial charge is 0.481 e. The monoisotopic (exact) mass is 289 g/mol. The lowest BCUT2D eigenvalue weighted by Crippen LogP contribution is -2.30. The number of hydrogen-bond donors (Lipinski definition) is 1. The number of carboxylic acid groups (broad SMARTS) is 1. The van der Waals surface area contributed by atoms with Gasteiger partial charge in [0.25, 0.3) is 0 Å². The number of aryl methyl sites for hydroxylation is 2. The second-order valence-corrected chi connectivity index (χ2v) is 7.83. The number of hydrogen-bond acceptors (Lipinski definition) is 4. The molecule has 0 aliphatic carbocycles. The first kappa shape index (κ1) is 13.5. The van der Waals surface area contributed by atoms with Gasteiger partial charge in [0.1, 0.15) is 0 Å². The smallest absolute Gasteiger partial charge is 0.307 e. The molecule has 0 spiro atoms. The van der Waals surface area contributed by atoms with Gasteiger partial charge in [-0.05, 0) is 26.3 Å². The summed E-state index contributed by atoms with van der Waals surface area (Å²) >= 11 is 1.44. The van der Waals surface area contributed by atoms with Crippen LogP contribution in [0.4, 0.5) is 0 Å². The van der Waals surface area contributed by atoms with Crippen LogP contribution in [0.25, 0.3) is 0 Å². The summed E-state index contributed by atoms with van der Waals surface area (Å²) in [6.45, 7) is 4.00. The van der Waals surface area contributed by atoms with E-state index < -0.39 is 21.9 Å². The van der Waals surface area contributed by atoms with E-state index in [1.165, 1.54) is 15.6 Å². The molecule has 18 heavy (non-hydrogen) atoms. The van der Waals surface area contributed by atoms with E-state index in [2.05, 4.69) is 0 Å². The second kappa shape index (κ2) is 4.64. The van der Waals surface area contributed by atoms with Gasteiger partial charge >= 0.3 is 5.97 Å². The van der Waals surface area contributed by atoms with E-state index in [-0.39, 0.29) is 13.1 Å². The molecule has 1 N–H and O–H groups in total. The van der Waals surface area contributed by atoms with Crippen molar-refractivity contribution < 1.29 is 18.3 Å². The Kier molecular flexibility index (Phi) is 3.48. The van der Waals surface area contributed by atoms with E-state index in [9.17, 15) is 13.2 Å². The molecule has 5 nitrogen and oxygen atoms in total. The fraction of sp³-hybridized carbons (Fsp3) is 0.545. The third kappa shape index (κ3) is 2.30. The van der Waals surface area contributed by atoms with Crippen LogP contribution in [0.5, 0.6) is 0 Å². The van der Waals surface area contributed by atoms with Gasteiger partial charge in [0, 0.05) is 22.8 Å². The van der Waals surface area contributed by atoms with Gasteiger partial charge in [0.15, 0.2) is 0 Å². The fourth-order valence-electron chi connectivity index (χ4n) is 2.15. The molecule has 1 aliphatic rings. The molecule has 0 aromatic carbocycles. The average molecular weight is 289 g/mol. The normalized spacial score (nSPS) is 21.3. The summed E-state index contributed by atoms with van der Waals surface area (Å²) < 4.78 is 26.0. The average Bonchev–Trinajstić information content (AvgIpc) is 2.85. The highest BCUT2D eigenvalue weighted by Gasteiger charge is 2.36. The molecule has 1 unspecified atom stereocenters. The maximum atomic E-state index is 12.4. The van der Waals surface area contributed by atoms with Crippen LogP contribution in [0.15, 0.2) is 11.0 Å². The van der Waals surface area contributed by atoms with E-state index in [1.807, 2.05) is 6.92 Å². The summed E-state index contributed by atoms with van der Waals surface area (Å²) in [5.74, 6) is -1.51. The quantitative estimate of drug-likeness (QED) is 0.914. The Hall–Kier alpha value is -0.920. The number of carboxylic acids is 1. The zero-order valence-electron chi connectivity index (χ0n) is 10.2. The molecule has 2 heterocycles. The van der Waals surface area contributed by atoms with Gasteiger partial charge in [-0.15, -0.1) is 11.3 Å². The SMILES string of the molecule is Cc1cc(S(=O)(=O)N2CCC(C(=O)O)C2)c(C)s1. The van der Waals surface area contributed by atoms with Crippen molar-refractivity contribution in [3.63, 3.8) is 0 Å². The topological polar surface area (TPSA) is 74.7 Å². The van der Waals surface area contributed by atoms with Crippen LogP contribution in [0.3, 0.4) is 0 Å². The molecule has 100 valence electrons. The Morgan fingerprint density at radius 2 is 2.17 bits per heavy atom. The Morgan fingerprint density at radius 1 is 1.50 bits per heavy atom. The van der Waals surface area contributed by atoms with Crippen LogP contribution in [-0.4, -0.2) is 36.9 Å². The van der Waals surface area contributed by atoms with Crippen LogP contribution in [0.2, 0.25) is 0 Å². The molecule has 0 amide bonds. The van der Waals surface area contributed by atoms with Crippen molar-refractivity contribution in [3.8, 4) is 0 Å². The van der Waals surface area contributed by atoms with E-state index in [0.29, 0.717) is 11.3 Å². The molecule has 1 atom stereocenters. The van der Waals surface area contributed by atoms with Crippen molar-refractivity contribution in [2.45, 2.75) is 25.2 Å². The van der Waals surface area contributed by atoms with Gasteiger partial charge in [0.2, 0.25) is 10.0 Å². The fourth-order valence-corrected chi connectivity index (χ4v) is 5.17. The minimum Gasteiger partial charge on any atom is -0.481 e. The van der Waals surface area contributed by atoms with Crippen LogP contribution in [0.1, 0.15) is 16.2 Å². The zero-order chi connectivity index (χ0) is 13.5. The lowest BCUT2D eigenvalue weighted by atomic mass is 10.1. The number of carbonyl (C=O) groups is 1. The van der Waals surface area contributed by atoms with Crippen LogP contribution in [-0.2, 0) is 14.8 Å². The molecule has 1 saturated heterocycles. The van der Waals surface area contributed by atoms with Gasteiger partial charge in [-0.2, -0.15) is 4.31 Å². The molecular formula is C11H15NO4S2. The van der Waals surface area contributed by atoms with Gasteiger partial charge < -0.3 is 5.11 Å². The van der Waals surface area contributed by atoms with Gasteiger partial charge in [-0.25, -0.2) is 8.42 Å². The number of sulfonamides is 1. The van der Waals surface area contributed by atoms with Crippen molar-refractivity contribution in [3.05, 3.63) is 15.8 Å². The highest BCUT2D eigenvalue weighted by atomic mass is 32.2. The number of rotatable bonds is 3. The molecule has 1 aliphatic heterocycles. The molecule has 1 aromatic rings. The number of aliphatic carboxylic acids is 1. The predicted molar refractivity (Wildman–Crippen MR) is 68.3 cm³/mol. The first-order valence-corrected chi connectivity index (χ1v) is 7.88. The summed E-state index contributed by atoms with van der Waals surface area (Å²) in [4.78, 5) is 12.9. The number of nitrogens with zero attached hydrogens (tertiary/aromatic N) is 1.